The summed E-state index contributed by atoms with van der Waals surface area (Å²) in [7, 11) is 0. The van der Waals surface area contributed by atoms with Crippen molar-refractivity contribution < 1.29 is 9.59 Å². The van der Waals surface area contributed by atoms with Crippen molar-refractivity contribution in [2.45, 2.75) is 38.6 Å². The first kappa shape index (κ1) is 13.0. The predicted molar refractivity (Wildman–Crippen MR) is 62.0 cm³/mol. The van der Waals surface area contributed by atoms with Gasteiger partial charge in [-0.25, -0.2) is 0 Å². The van der Waals surface area contributed by atoms with Gasteiger partial charge in [-0.05, 0) is 19.3 Å². The number of amides is 2. The first-order chi connectivity index (χ1) is 7.72. The maximum Gasteiger partial charge on any atom is 0.239 e. The molecule has 0 bridgehead atoms. The summed E-state index contributed by atoms with van der Waals surface area (Å²) >= 11 is 0. The summed E-state index contributed by atoms with van der Waals surface area (Å²) in [6.07, 6.45) is 3.80. The van der Waals surface area contributed by atoms with E-state index < -0.39 is 0 Å². The van der Waals surface area contributed by atoms with Gasteiger partial charge in [0.1, 0.15) is 0 Å². The molecule has 0 aliphatic heterocycles. The fourth-order valence-corrected chi connectivity index (χ4v) is 1.27. The second kappa shape index (κ2) is 7.22. The van der Waals surface area contributed by atoms with E-state index >= 15 is 0 Å². The van der Waals surface area contributed by atoms with Gasteiger partial charge in [0.15, 0.2) is 0 Å². The van der Waals surface area contributed by atoms with Gasteiger partial charge in [0.25, 0.3) is 0 Å². The van der Waals surface area contributed by atoms with Gasteiger partial charge in [0.2, 0.25) is 11.8 Å². The molecule has 0 aromatic heterocycles. The van der Waals surface area contributed by atoms with Gasteiger partial charge in [0, 0.05) is 25.6 Å². The van der Waals surface area contributed by atoms with Crippen molar-refractivity contribution in [3.8, 4) is 0 Å². The molecular formula is C11H21N3O2. The minimum absolute atomic E-state index is 0.0696. The molecule has 1 rings (SSSR count). The van der Waals surface area contributed by atoms with E-state index in [2.05, 4.69) is 16.0 Å². The normalized spacial score (nSPS) is 14.6. The van der Waals surface area contributed by atoms with E-state index in [1.54, 1.807) is 0 Å². The first-order valence-corrected chi connectivity index (χ1v) is 5.99. The lowest BCUT2D eigenvalue weighted by molar-refractivity contribution is -0.126. The predicted octanol–water partition coefficient (Wildman–Crippen LogP) is -0.229. The second-order valence-electron chi connectivity index (χ2n) is 4.11. The lowest BCUT2D eigenvalue weighted by Crippen LogP contribution is -2.38. The molecule has 0 radical (unpaired) electrons. The van der Waals surface area contributed by atoms with Gasteiger partial charge in [-0.2, -0.15) is 0 Å². The van der Waals surface area contributed by atoms with Crippen LogP contribution in [-0.2, 0) is 9.59 Å². The molecule has 0 heterocycles. The van der Waals surface area contributed by atoms with Crippen LogP contribution in [-0.4, -0.2) is 37.5 Å². The Morgan fingerprint density at radius 3 is 2.50 bits per heavy atom. The smallest absolute Gasteiger partial charge is 0.239 e. The molecule has 3 N–H and O–H groups in total. The summed E-state index contributed by atoms with van der Waals surface area (Å²) in [5, 5.41) is 8.55. The Morgan fingerprint density at radius 1 is 1.12 bits per heavy atom. The van der Waals surface area contributed by atoms with Crippen molar-refractivity contribution in [1.29, 1.82) is 0 Å². The van der Waals surface area contributed by atoms with Gasteiger partial charge in [-0.15, -0.1) is 0 Å². The van der Waals surface area contributed by atoms with Crippen LogP contribution < -0.4 is 16.0 Å². The van der Waals surface area contributed by atoms with Crippen molar-refractivity contribution in [2.24, 2.45) is 0 Å². The third-order valence-corrected chi connectivity index (χ3v) is 2.38. The second-order valence-corrected chi connectivity index (χ2v) is 4.11. The summed E-state index contributed by atoms with van der Waals surface area (Å²) in [6.45, 7) is 3.44. The molecule has 1 saturated carbocycles. The zero-order valence-corrected chi connectivity index (χ0v) is 9.84. The fourth-order valence-electron chi connectivity index (χ4n) is 1.27. The van der Waals surface area contributed by atoms with Gasteiger partial charge >= 0.3 is 0 Å². The monoisotopic (exact) mass is 227 g/mol. The molecule has 1 aliphatic carbocycles. The van der Waals surface area contributed by atoms with E-state index in [4.69, 9.17) is 0 Å². The summed E-state index contributed by atoms with van der Waals surface area (Å²) in [5.41, 5.74) is 0. The maximum absolute atomic E-state index is 11.3. The number of nitrogens with one attached hydrogen (secondary N) is 3. The zero-order valence-electron chi connectivity index (χ0n) is 9.84. The van der Waals surface area contributed by atoms with Gasteiger partial charge in [0.05, 0.1) is 6.54 Å². The molecule has 5 heteroatoms. The topological polar surface area (TPSA) is 70.2 Å². The molecule has 1 fully saturated rings. The zero-order chi connectivity index (χ0) is 11.8. The Labute approximate surface area is 96.4 Å². The van der Waals surface area contributed by atoms with Crippen molar-refractivity contribution in [3.05, 3.63) is 0 Å². The van der Waals surface area contributed by atoms with Gasteiger partial charge in [-0.3, -0.25) is 9.59 Å². The van der Waals surface area contributed by atoms with Crippen LogP contribution in [0.15, 0.2) is 0 Å². The highest BCUT2D eigenvalue weighted by atomic mass is 16.2. The number of rotatable bonds is 8. The van der Waals surface area contributed by atoms with Crippen LogP contribution in [0.5, 0.6) is 0 Å². The number of hydrogen-bond donors (Lipinski definition) is 3. The average molecular weight is 227 g/mol. The van der Waals surface area contributed by atoms with Crippen LogP contribution in [0.25, 0.3) is 0 Å². The molecule has 0 spiro atoms. The first-order valence-electron chi connectivity index (χ1n) is 5.99. The van der Waals surface area contributed by atoms with Crippen molar-refractivity contribution in [3.63, 3.8) is 0 Å². The van der Waals surface area contributed by atoms with Crippen molar-refractivity contribution >= 4 is 11.8 Å². The molecule has 2 amide bonds. The highest BCUT2D eigenvalue weighted by Gasteiger charge is 2.20. The Bertz CT molecular complexity index is 239. The SMILES string of the molecule is CCCNC(=O)CNC(=O)CCNC1CC1. The Kier molecular flexibility index (Phi) is 5.85. The maximum atomic E-state index is 11.3. The van der Waals surface area contributed by atoms with E-state index in [0.717, 1.165) is 6.42 Å². The summed E-state index contributed by atoms with van der Waals surface area (Å²) in [6, 6.07) is 0.626. The van der Waals surface area contributed by atoms with Crippen molar-refractivity contribution in [1.82, 2.24) is 16.0 Å². The minimum atomic E-state index is -0.120. The van der Waals surface area contributed by atoms with Crippen LogP contribution in [0.3, 0.4) is 0 Å². The standard InChI is InChI=1S/C11H21N3O2/c1-2-6-13-11(16)8-14-10(15)5-7-12-9-3-4-9/h9,12H,2-8H2,1H3,(H,13,16)(H,14,15). The van der Waals surface area contributed by atoms with E-state index in [-0.39, 0.29) is 18.4 Å². The van der Waals surface area contributed by atoms with Crippen molar-refractivity contribution in [2.75, 3.05) is 19.6 Å². The molecule has 0 atom stereocenters. The molecule has 0 aromatic rings. The van der Waals surface area contributed by atoms with Gasteiger partial charge in [-0.1, -0.05) is 6.92 Å². The summed E-state index contributed by atoms with van der Waals surface area (Å²) in [4.78, 5) is 22.4. The van der Waals surface area contributed by atoms with E-state index in [0.29, 0.717) is 25.6 Å². The number of carbonyl (C=O) groups is 2. The van der Waals surface area contributed by atoms with Crippen LogP contribution in [0.1, 0.15) is 32.6 Å². The third-order valence-electron chi connectivity index (χ3n) is 2.38. The summed E-state index contributed by atoms with van der Waals surface area (Å²) in [5.74, 6) is -0.190. The minimum Gasteiger partial charge on any atom is -0.355 e. The van der Waals surface area contributed by atoms with E-state index in [1.807, 2.05) is 6.92 Å². The Hall–Kier alpha value is -1.10. The summed E-state index contributed by atoms with van der Waals surface area (Å²) < 4.78 is 0. The molecule has 0 aromatic carbocycles. The highest BCUT2D eigenvalue weighted by Crippen LogP contribution is 2.18. The van der Waals surface area contributed by atoms with E-state index in [1.165, 1.54) is 12.8 Å². The molecular weight excluding hydrogens is 206 g/mol. The number of carbonyl (C=O) groups excluding carboxylic acids is 2. The molecule has 92 valence electrons. The van der Waals surface area contributed by atoms with Gasteiger partial charge < -0.3 is 16.0 Å². The van der Waals surface area contributed by atoms with Crippen LogP contribution >= 0.6 is 0 Å². The lowest BCUT2D eigenvalue weighted by Gasteiger charge is -2.06. The average Bonchev–Trinajstić information content (AvgIpc) is 3.07. The number of hydrogen-bond acceptors (Lipinski definition) is 3. The molecule has 0 saturated heterocycles. The van der Waals surface area contributed by atoms with Crippen LogP contribution in [0.4, 0.5) is 0 Å². The highest BCUT2D eigenvalue weighted by molar-refractivity contribution is 5.84. The molecule has 16 heavy (non-hydrogen) atoms. The van der Waals surface area contributed by atoms with Crippen LogP contribution in [0, 0.1) is 0 Å². The largest absolute Gasteiger partial charge is 0.355 e. The third kappa shape index (κ3) is 6.40. The van der Waals surface area contributed by atoms with E-state index in [9.17, 15) is 9.59 Å². The molecule has 1 aliphatic rings. The lowest BCUT2D eigenvalue weighted by atomic mass is 10.4. The Balaban J connectivity index is 1.93. The molecule has 5 nitrogen and oxygen atoms in total. The quantitative estimate of drug-likeness (QED) is 0.536. The van der Waals surface area contributed by atoms with Crippen LogP contribution in [0.2, 0.25) is 0 Å². The fraction of sp³-hybridized carbons (Fsp3) is 0.818. The Morgan fingerprint density at radius 2 is 1.88 bits per heavy atom. The molecule has 0 unspecified atom stereocenters.